The minimum atomic E-state index is -1.72. The molecule has 2 fully saturated rings. The van der Waals surface area contributed by atoms with Crippen LogP contribution in [0.4, 0.5) is 45.5 Å². The summed E-state index contributed by atoms with van der Waals surface area (Å²) < 4.78 is 41.9. The Kier molecular flexibility index (Phi) is 10.2. The quantitative estimate of drug-likeness (QED) is 0.161. The summed E-state index contributed by atoms with van der Waals surface area (Å²) in [5, 5.41) is 4.56. The molecule has 3 aliphatic heterocycles. The van der Waals surface area contributed by atoms with Crippen molar-refractivity contribution in [2.24, 2.45) is 0 Å². The van der Waals surface area contributed by atoms with E-state index in [1.807, 2.05) is 6.07 Å². The number of hydrogen-bond donors (Lipinski definition) is 0. The zero-order valence-electron chi connectivity index (χ0n) is 52.3. The standard InChI is InChI=1S/C72H80BN3O2Si/c1-68(2,3)46-21-26-49(27-22-46)74-59-35-45-36-63(44-19-15-16-20-44)77-64(45)42-56(59)73-57-43-66-54(53-31-25-48(70(7,8)9)37-65(53)78-66)41-60(57)75(50-28-23-47(24-29-50)69(4,5)6)62-39-51(38-61(74)67(62)73)76-58-32-30-52(79(12,13)14)40-55(58)71(10)33-17-18-34-72(71,76)11/h21-32,35-44H,15-20,33-34H2,1-14H3/i19D2,44D. The lowest BCUT2D eigenvalue weighted by Crippen LogP contribution is -2.61. The van der Waals surface area contributed by atoms with E-state index < -0.39 is 20.3 Å². The Morgan fingerprint density at radius 1 is 0.544 bits per heavy atom. The van der Waals surface area contributed by atoms with Crippen LogP contribution in [0.5, 0.6) is 0 Å². The third kappa shape index (κ3) is 7.66. The van der Waals surface area contributed by atoms with Crippen LogP contribution in [0.15, 0.2) is 136 Å². The molecule has 0 amide bonds. The van der Waals surface area contributed by atoms with E-state index in [1.54, 1.807) is 0 Å². The van der Waals surface area contributed by atoms with Crippen LogP contribution < -0.4 is 36.3 Å². The molecule has 402 valence electrons. The van der Waals surface area contributed by atoms with E-state index in [0.29, 0.717) is 30.6 Å². The molecular weight excluding hydrogens is 978 g/mol. The number of anilines is 8. The van der Waals surface area contributed by atoms with Gasteiger partial charge in [0.2, 0.25) is 0 Å². The van der Waals surface area contributed by atoms with Gasteiger partial charge < -0.3 is 23.5 Å². The molecule has 0 N–H and O–H groups in total. The van der Waals surface area contributed by atoms with Gasteiger partial charge in [0.25, 0.3) is 6.71 Å². The van der Waals surface area contributed by atoms with Crippen LogP contribution in [0, 0.1) is 0 Å². The maximum Gasteiger partial charge on any atom is 0.252 e. The Morgan fingerprint density at radius 3 is 1.72 bits per heavy atom. The van der Waals surface area contributed by atoms with Gasteiger partial charge in [-0.1, -0.05) is 168 Å². The second kappa shape index (κ2) is 17.0. The van der Waals surface area contributed by atoms with Crippen molar-refractivity contribution in [1.29, 1.82) is 0 Å². The third-order valence-electron chi connectivity index (χ3n) is 19.6. The number of rotatable bonds is 5. The van der Waals surface area contributed by atoms with Crippen molar-refractivity contribution < 1.29 is 12.9 Å². The molecule has 2 aliphatic carbocycles. The zero-order chi connectivity index (χ0) is 57.8. The van der Waals surface area contributed by atoms with Crippen molar-refractivity contribution in [3.05, 3.63) is 155 Å². The Bertz CT molecular complexity index is 4130. The van der Waals surface area contributed by atoms with Crippen LogP contribution >= 0.6 is 0 Å². The number of furan rings is 2. The topological polar surface area (TPSA) is 36.0 Å². The third-order valence-corrected chi connectivity index (χ3v) is 21.6. The molecule has 0 radical (unpaired) electrons. The largest absolute Gasteiger partial charge is 0.461 e. The summed E-state index contributed by atoms with van der Waals surface area (Å²) in [5.41, 5.74) is 19.7. The highest BCUT2D eigenvalue weighted by molar-refractivity contribution is 7.00. The summed E-state index contributed by atoms with van der Waals surface area (Å²) in [4.78, 5) is 7.87. The SMILES string of the molecule is [2H]C1([2H])CCCC1([2H])c1cc2cc3c(cc2o1)B1c2cc4oc5cc(C(C)(C)C)ccc5c4cc2N(c2ccc(C(C)(C)C)cc2)c2cc(N4c5ccc([Si](C)(C)C)cc5C5(C)CCCCC45C)cc(c21)N3c1ccc(C(C)(C)C)cc1. The number of hydrogen-bond acceptors (Lipinski definition) is 5. The van der Waals surface area contributed by atoms with E-state index in [9.17, 15) is 1.37 Å². The lowest BCUT2D eigenvalue weighted by molar-refractivity contribution is 0.195. The Balaban J connectivity index is 1.12. The van der Waals surface area contributed by atoms with Crippen LogP contribution in [-0.2, 0) is 21.7 Å². The fourth-order valence-corrected chi connectivity index (χ4v) is 15.9. The van der Waals surface area contributed by atoms with Gasteiger partial charge in [0.15, 0.2) is 0 Å². The molecule has 14 rings (SSSR count). The van der Waals surface area contributed by atoms with Crippen LogP contribution in [-0.4, -0.2) is 20.3 Å². The Morgan fingerprint density at radius 2 is 1.13 bits per heavy atom. The molecule has 0 saturated heterocycles. The summed E-state index contributed by atoms with van der Waals surface area (Å²) in [6.07, 6.45) is 4.27. The normalized spacial score (nSPS) is 23.1. The van der Waals surface area contributed by atoms with Crippen LogP contribution in [0.3, 0.4) is 0 Å². The van der Waals surface area contributed by atoms with Crippen LogP contribution in [0.25, 0.3) is 32.9 Å². The molecule has 0 bridgehead atoms. The highest BCUT2D eigenvalue weighted by Crippen LogP contribution is 2.62. The molecule has 2 saturated carbocycles. The van der Waals surface area contributed by atoms with E-state index in [1.165, 1.54) is 57.1 Å². The first kappa shape index (κ1) is 47.4. The van der Waals surface area contributed by atoms with Gasteiger partial charge in [0.1, 0.15) is 22.5 Å². The summed E-state index contributed by atoms with van der Waals surface area (Å²) >= 11 is 0. The first-order valence-corrected chi connectivity index (χ1v) is 33.0. The van der Waals surface area contributed by atoms with Crippen molar-refractivity contribution >= 4 is 115 Å². The molecule has 9 aromatic rings. The van der Waals surface area contributed by atoms with Crippen molar-refractivity contribution in [1.82, 2.24) is 0 Å². The number of fused-ring (bicyclic) bond motifs is 11. The second-order valence-corrected chi connectivity index (χ2v) is 33.8. The highest BCUT2D eigenvalue weighted by Gasteiger charge is 2.58. The fraction of sp³-hybridized carbons (Fsp3) is 0.389. The Labute approximate surface area is 475 Å². The first-order valence-electron chi connectivity index (χ1n) is 31.0. The molecule has 5 nitrogen and oxygen atoms in total. The maximum atomic E-state index is 9.74. The molecule has 5 aliphatic rings. The maximum absolute atomic E-state index is 9.74. The first-order chi connectivity index (χ1) is 38.5. The highest BCUT2D eigenvalue weighted by atomic mass is 28.3. The van der Waals surface area contributed by atoms with Gasteiger partial charge in [-0.3, -0.25) is 0 Å². The molecule has 7 heteroatoms. The van der Waals surface area contributed by atoms with Gasteiger partial charge in [0.05, 0.1) is 13.6 Å². The van der Waals surface area contributed by atoms with E-state index in [2.05, 4.69) is 232 Å². The van der Waals surface area contributed by atoms with E-state index in [0.717, 1.165) is 85.2 Å². The lowest BCUT2D eigenvalue weighted by atomic mass is 9.33. The molecule has 79 heavy (non-hydrogen) atoms. The monoisotopic (exact) mass is 1060 g/mol. The minimum absolute atomic E-state index is 0.0408. The van der Waals surface area contributed by atoms with E-state index in [4.69, 9.17) is 11.6 Å². The fourth-order valence-electron chi connectivity index (χ4n) is 14.7. The predicted molar refractivity (Wildman–Crippen MR) is 341 cm³/mol. The van der Waals surface area contributed by atoms with Gasteiger partial charge in [-0.2, -0.15) is 0 Å². The van der Waals surface area contributed by atoms with Gasteiger partial charge in [-0.05, 0) is 166 Å². The summed E-state index contributed by atoms with van der Waals surface area (Å²) in [6.45, 7) is 32.8. The molecule has 3 atom stereocenters. The average molecular weight is 1060 g/mol. The number of nitrogens with zero attached hydrogens (tertiary/aromatic N) is 3. The Hall–Kier alpha value is -6.44. The van der Waals surface area contributed by atoms with Crippen molar-refractivity contribution in [2.75, 3.05) is 14.7 Å². The lowest BCUT2D eigenvalue weighted by Gasteiger charge is -2.51. The number of benzene rings is 7. The van der Waals surface area contributed by atoms with Gasteiger partial charge in [0, 0.05) is 77.1 Å². The van der Waals surface area contributed by atoms with E-state index in [-0.39, 0.29) is 33.9 Å². The van der Waals surface area contributed by atoms with Crippen LogP contribution in [0.2, 0.25) is 19.6 Å². The van der Waals surface area contributed by atoms with Crippen LogP contribution in [0.1, 0.15) is 166 Å². The molecule has 3 unspecified atom stereocenters. The second-order valence-electron chi connectivity index (χ2n) is 28.8. The molecule has 7 aromatic carbocycles. The van der Waals surface area contributed by atoms with Gasteiger partial charge >= 0.3 is 0 Å². The smallest absolute Gasteiger partial charge is 0.252 e. The van der Waals surface area contributed by atoms with Crippen molar-refractivity contribution in [3.8, 4) is 0 Å². The summed E-state index contributed by atoms with van der Waals surface area (Å²) in [5.74, 6) is -1.10. The van der Waals surface area contributed by atoms with Crippen molar-refractivity contribution in [3.63, 3.8) is 0 Å². The average Bonchev–Trinajstić information content (AvgIpc) is 1.40. The van der Waals surface area contributed by atoms with Gasteiger partial charge in [-0.15, -0.1) is 0 Å². The summed E-state index contributed by atoms with van der Waals surface area (Å²) in [7, 11) is -1.67. The van der Waals surface area contributed by atoms with Crippen molar-refractivity contribution in [2.45, 2.75) is 180 Å². The van der Waals surface area contributed by atoms with Gasteiger partial charge in [-0.25, -0.2) is 0 Å². The molecule has 2 aromatic heterocycles. The molecule has 5 heterocycles. The summed E-state index contributed by atoms with van der Waals surface area (Å²) in [6, 6.07) is 49.2. The molecular formula is C72H80BN3O2Si. The molecule has 0 spiro atoms. The minimum Gasteiger partial charge on any atom is -0.461 e. The van der Waals surface area contributed by atoms with E-state index >= 15 is 0 Å². The zero-order valence-corrected chi connectivity index (χ0v) is 50.3. The predicted octanol–water partition coefficient (Wildman–Crippen LogP) is 18.3.